The van der Waals surface area contributed by atoms with Crippen molar-refractivity contribution < 1.29 is 0 Å². The van der Waals surface area contributed by atoms with Crippen LogP contribution >= 0.6 is 0 Å². The zero-order valence-corrected chi connectivity index (χ0v) is 12.9. The molecule has 3 nitrogen and oxygen atoms in total. The molecule has 1 aromatic heterocycles. The Balaban J connectivity index is 1.66. The Morgan fingerprint density at radius 1 is 1.20 bits per heavy atom. The number of para-hydroxylation sites is 1. The van der Waals surface area contributed by atoms with Crippen molar-refractivity contribution in [1.82, 2.24) is 15.2 Å². The van der Waals surface area contributed by atoms with Gasteiger partial charge < -0.3 is 15.2 Å². The summed E-state index contributed by atoms with van der Waals surface area (Å²) in [5, 5.41) is 4.88. The van der Waals surface area contributed by atoms with Gasteiger partial charge >= 0.3 is 0 Å². The van der Waals surface area contributed by atoms with E-state index in [2.05, 4.69) is 66.6 Å². The van der Waals surface area contributed by atoms with Crippen LogP contribution in [0.1, 0.15) is 32.3 Å². The molecule has 3 heteroatoms. The quantitative estimate of drug-likeness (QED) is 0.722. The van der Waals surface area contributed by atoms with E-state index in [1.165, 1.54) is 35.9 Å². The minimum atomic E-state index is 0.647. The van der Waals surface area contributed by atoms with Crippen LogP contribution in [-0.2, 0) is 6.54 Å². The number of benzene rings is 1. The van der Waals surface area contributed by atoms with E-state index >= 15 is 0 Å². The second-order valence-corrected chi connectivity index (χ2v) is 5.82. The van der Waals surface area contributed by atoms with Gasteiger partial charge in [0.15, 0.2) is 0 Å². The third-order valence-electron chi connectivity index (χ3n) is 3.99. The van der Waals surface area contributed by atoms with Crippen molar-refractivity contribution in [2.24, 2.45) is 0 Å². The number of nitrogens with zero attached hydrogens (tertiary/aromatic N) is 1. The maximum absolute atomic E-state index is 3.54. The molecule has 0 bridgehead atoms. The fourth-order valence-electron chi connectivity index (χ4n) is 2.37. The summed E-state index contributed by atoms with van der Waals surface area (Å²) in [6.45, 7) is 7.71. The van der Waals surface area contributed by atoms with Crippen molar-refractivity contribution in [3.8, 4) is 0 Å². The summed E-state index contributed by atoms with van der Waals surface area (Å²) in [7, 11) is 2.20. The van der Waals surface area contributed by atoms with E-state index in [1.54, 1.807) is 0 Å². The van der Waals surface area contributed by atoms with Gasteiger partial charge in [-0.1, -0.05) is 18.2 Å². The number of unbranched alkanes of at least 4 members (excludes halogenated alkanes) is 1. The molecule has 1 heterocycles. The molecule has 0 unspecified atom stereocenters. The Labute approximate surface area is 122 Å². The Morgan fingerprint density at radius 3 is 2.80 bits per heavy atom. The minimum absolute atomic E-state index is 0.647. The zero-order valence-electron chi connectivity index (χ0n) is 12.9. The second kappa shape index (κ2) is 7.46. The van der Waals surface area contributed by atoms with Crippen LogP contribution in [0.25, 0.3) is 10.9 Å². The maximum atomic E-state index is 3.54. The molecule has 0 atom stereocenters. The van der Waals surface area contributed by atoms with Crippen LogP contribution in [0.5, 0.6) is 0 Å². The van der Waals surface area contributed by atoms with Crippen LogP contribution in [0.2, 0.25) is 0 Å². The number of nitrogens with one attached hydrogen (secondary N) is 2. The van der Waals surface area contributed by atoms with E-state index in [1.807, 2.05) is 0 Å². The first-order valence-corrected chi connectivity index (χ1v) is 7.64. The van der Waals surface area contributed by atoms with Crippen molar-refractivity contribution in [3.63, 3.8) is 0 Å². The fourth-order valence-corrected chi connectivity index (χ4v) is 2.37. The second-order valence-electron chi connectivity index (χ2n) is 5.82. The summed E-state index contributed by atoms with van der Waals surface area (Å²) in [4.78, 5) is 5.72. The van der Waals surface area contributed by atoms with E-state index in [0.717, 1.165) is 13.1 Å². The minimum Gasteiger partial charge on any atom is -0.361 e. The normalized spacial score (nSPS) is 11.8. The molecule has 2 rings (SSSR count). The van der Waals surface area contributed by atoms with E-state index in [9.17, 15) is 0 Å². The summed E-state index contributed by atoms with van der Waals surface area (Å²) in [6.07, 6.45) is 4.61. The van der Waals surface area contributed by atoms with Gasteiger partial charge in [0.2, 0.25) is 0 Å². The lowest BCUT2D eigenvalue weighted by Gasteiger charge is -2.20. The van der Waals surface area contributed by atoms with Crippen LogP contribution in [0.15, 0.2) is 30.5 Å². The number of aromatic amines is 1. The van der Waals surface area contributed by atoms with Gasteiger partial charge in [-0.25, -0.2) is 0 Å². The summed E-state index contributed by atoms with van der Waals surface area (Å²) < 4.78 is 0. The molecular formula is C17H27N3. The Morgan fingerprint density at radius 2 is 2.00 bits per heavy atom. The highest BCUT2D eigenvalue weighted by atomic mass is 15.1. The molecule has 0 aliphatic carbocycles. The first-order chi connectivity index (χ1) is 9.68. The van der Waals surface area contributed by atoms with Crippen LogP contribution in [0.4, 0.5) is 0 Å². The maximum Gasteiger partial charge on any atom is 0.0457 e. The molecule has 0 fully saturated rings. The average Bonchev–Trinajstić information content (AvgIpc) is 2.85. The fraction of sp³-hybridized carbons (Fsp3) is 0.529. The molecule has 0 spiro atoms. The molecular weight excluding hydrogens is 246 g/mol. The molecule has 110 valence electrons. The van der Waals surface area contributed by atoms with Crippen LogP contribution in [-0.4, -0.2) is 36.1 Å². The van der Waals surface area contributed by atoms with Crippen molar-refractivity contribution in [2.75, 3.05) is 20.1 Å². The highest BCUT2D eigenvalue weighted by Gasteiger charge is 2.03. The van der Waals surface area contributed by atoms with Gasteiger partial charge in [-0.2, -0.15) is 0 Å². The topological polar surface area (TPSA) is 31.1 Å². The van der Waals surface area contributed by atoms with Gasteiger partial charge in [0.1, 0.15) is 0 Å². The molecule has 0 aliphatic rings. The number of H-pyrrole nitrogens is 1. The lowest BCUT2D eigenvalue weighted by Crippen LogP contribution is -2.27. The van der Waals surface area contributed by atoms with Gasteiger partial charge in [0.05, 0.1) is 0 Å². The highest BCUT2D eigenvalue weighted by Crippen LogP contribution is 2.17. The standard InChI is InChI=1S/C17H27N3/c1-14(2)20(3)11-7-6-10-18-12-15-13-19-17-9-5-4-8-16(15)17/h4-5,8-9,13-14,18-19H,6-7,10-12H2,1-3H3. The molecule has 0 saturated carbocycles. The predicted octanol–water partition coefficient (Wildman–Crippen LogP) is 3.38. The lowest BCUT2D eigenvalue weighted by molar-refractivity contribution is 0.268. The Bertz CT molecular complexity index is 516. The first kappa shape index (κ1) is 15.1. The third kappa shape index (κ3) is 4.09. The summed E-state index contributed by atoms with van der Waals surface area (Å²) in [6, 6.07) is 9.12. The van der Waals surface area contributed by atoms with Gasteiger partial charge in [0.25, 0.3) is 0 Å². The van der Waals surface area contributed by atoms with Crippen molar-refractivity contribution in [1.29, 1.82) is 0 Å². The number of hydrogen-bond donors (Lipinski definition) is 2. The zero-order chi connectivity index (χ0) is 14.4. The Hall–Kier alpha value is -1.32. The SMILES string of the molecule is CC(C)N(C)CCCCNCc1c[nH]c2ccccc12. The lowest BCUT2D eigenvalue weighted by atomic mass is 10.2. The number of hydrogen-bond acceptors (Lipinski definition) is 2. The van der Waals surface area contributed by atoms with Gasteiger partial charge in [0, 0.05) is 29.7 Å². The average molecular weight is 273 g/mol. The summed E-state index contributed by atoms with van der Waals surface area (Å²) in [5.74, 6) is 0. The smallest absolute Gasteiger partial charge is 0.0457 e. The van der Waals surface area contributed by atoms with Crippen LogP contribution in [0, 0.1) is 0 Å². The van der Waals surface area contributed by atoms with E-state index in [4.69, 9.17) is 0 Å². The van der Waals surface area contributed by atoms with Gasteiger partial charge in [-0.15, -0.1) is 0 Å². The van der Waals surface area contributed by atoms with Crippen molar-refractivity contribution >= 4 is 10.9 Å². The van der Waals surface area contributed by atoms with E-state index in [0.29, 0.717) is 6.04 Å². The largest absolute Gasteiger partial charge is 0.361 e. The summed E-state index contributed by atoms with van der Waals surface area (Å²) in [5.41, 5.74) is 2.59. The van der Waals surface area contributed by atoms with E-state index < -0.39 is 0 Å². The van der Waals surface area contributed by atoms with Crippen LogP contribution in [0.3, 0.4) is 0 Å². The number of aromatic nitrogens is 1. The number of rotatable bonds is 8. The monoisotopic (exact) mass is 273 g/mol. The van der Waals surface area contributed by atoms with Gasteiger partial charge in [-0.3, -0.25) is 0 Å². The molecule has 20 heavy (non-hydrogen) atoms. The third-order valence-corrected chi connectivity index (χ3v) is 3.99. The number of fused-ring (bicyclic) bond motifs is 1. The van der Waals surface area contributed by atoms with Crippen molar-refractivity contribution in [3.05, 3.63) is 36.0 Å². The summed E-state index contributed by atoms with van der Waals surface area (Å²) >= 11 is 0. The molecule has 0 radical (unpaired) electrons. The van der Waals surface area contributed by atoms with Crippen molar-refractivity contribution in [2.45, 2.75) is 39.3 Å². The molecule has 1 aromatic carbocycles. The van der Waals surface area contributed by atoms with E-state index in [-0.39, 0.29) is 0 Å². The molecule has 2 N–H and O–H groups in total. The molecule has 0 amide bonds. The highest BCUT2D eigenvalue weighted by molar-refractivity contribution is 5.82. The molecule has 0 saturated heterocycles. The molecule has 2 aromatic rings. The van der Waals surface area contributed by atoms with Crippen LogP contribution < -0.4 is 5.32 Å². The first-order valence-electron chi connectivity index (χ1n) is 7.64. The molecule has 0 aliphatic heterocycles. The Kier molecular flexibility index (Phi) is 5.62. The predicted molar refractivity (Wildman–Crippen MR) is 87.0 cm³/mol. The van der Waals surface area contributed by atoms with Gasteiger partial charge in [-0.05, 0) is 58.5 Å².